The molecular formula is C20H13BrClF3N8O3. The van der Waals surface area contributed by atoms with Crippen LogP contribution in [0.1, 0.15) is 16.4 Å². The number of alkyl halides is 3. The summed E-state index contributed by atoms with van der Waals surface area (Å²) in [5.41, 5.74) is 4.60. The number of ketones is 1. The Hall–Kier alpha value is -3.85. The van der Waals surface area contributed by atoms with E-state index >= 15 is 0 Å². The van der Waals surface area contributed by atoms with Crippen molar-refractivity contribution in [2.45, 2.75) is 19.3 Å². The highest BCUT2D eigenvalue weighted by atomic mass is 79.9. The molecule has 0 bridgehead atoms. The highest BCUT2D eigenvalue weighted by Crippen LogP contribution is 2.22. The number of carbonyl (C=O) groups excluding carboxylic acids is 2. The van der Waals surface area contributed by atoms with Crippen LogP contribution in [0.15, 0.2) is 51.9 Å². The lowest BCUT2D eigenvalue weighted by Crippen LogP contribution is -2.33. The summed E-state index contributed by atoms with van der Waals surface area (Å²) in [5.74, 6) is -3.53. The van der Waals surface area contributed by atoms with E-state index in [0.29, 0.717) is 14.1 Å². The number of nitrogens with zero attached hydrogens (tertiary/aromatic N) is 7. The Bertz CT molecular complexity index is 1530. The van der Waals surface area contributed by atoms with Gasteiger partial charge in [0, 0.05) is 16.8 Å². The Morgan fingerprint density at radius 1 is 1.11 bits per heavy atom. The van der Waals surface area contributed by atoms with Crippen molar-refractivity contribution < 1.29 is 22.8 Å². The highest BCUT2D eigenvalue weighted by Gasteiger charge is 2.39. The summed E-state index contributed by atoms with van der Waals surface area (Å²) in [6, 6.07) is 9.02. The van der Waals surface area contributed by atoms with Crippen LogP contribution in [-0.4, -0.2) is 52.0 Å². The normalized spacial score (nSPS) is 11.6. The molecule has 11 nitrogen and oxygen atoms in total. The van der Waals surface area contributed by atoms with Crippen molar-refractivity contribution >= 4 is 39.2 Å². The first-order chi connectivity index (χ1) is 17.0. The van der Waals surface area contributed by atoms with E-state index in [1.54, 1.807) is 12.1 Å². The maximum Gasteiger partial charge on any atom is 0.451 e. The Kier molecular flexibility index (Phi) is 6.77. The minimum Gasteiger partial charge on any atom is -0.363 e. The minimum atomic E-state index is -5.16. The largest absolute Gasteiger partial charge is 0.451 e. The van der Waals surface area contributed by atoms with Gasteiger partial charge in [-0.2, -0.15) is 17.9 Å². The predicted octanol–water partition coefficient (Wildman–Crippen LogP) is 2.38. The third-order valence-electron chi connectivity index (χ3n) is 4.75. The molecule has 0 radical (unpaired) electrons. The Balaban J connectivity index is 1.79. The first kappa shape index (κ1) is 25.2. The van der Waals surface area contributed by atoms with E-state index in [-0.39, 0.29) is 28.9 Å². The summed E-state index contributed by atoms with van der Waals surface area (Å²) >= 11 is 9.15. The summed E-state index contributed by atoms with van der Waals surface area (Å²) in [5, 5.41) is 8.59. The number of carbonyl (C=O) groups is 2. The van der Waals surface area contributed by atoms with E-state index in [1.165, 1.54) is 30.5 Å². The monoisotopic (exact) mass is 584 g/mol. The van der Waals surface area contributed by atoms with Gasteiger partial charge >= 0.3 is 11.9 Å². The third kappa shape index (κ3) is 5.06. The molecule has 0 atom stereocenters. The number of pyridine rings is 1. The van der Waals surface area contributed by atoms with E-state index < -0.39 is 36.6 Å². The molecule has 1 amide bonds. The summed E-state index contributed by atoms with van der Waals surface area (Å²) in [4.78, 5) is 44.7. The molecule has 0 saturated carbocycles. The summed E-state index contributed by atoms with van der Waals surface area (Å²) in [6.07, 6.45) is -3.72. The molecule has 0 aliphatic rings. The van der Waals surface area contributed by atoms with E-state index in [9.17, 15) is 27.6 Å². The number of rotatable bonds is 7. The second kappa shape index (κ2) is 9.66. The van der Waals surface area contributed by atoms with Gasteiger partial charge in [-0.15, -0.1) is 10.2 Å². The molecule has 2 N–H and O–H groups in total. The molecule has 3 aromatic heterocycles. The molecule has 36 heavy (non-hydrogen) atoms. The standard InChI is InChI=1S/C20H13BrClF3N8O3/c21-12-2-1-7-27-17(12)33-18(15(26)35)28-14(29-33)9-32-19(36)31(8-13(34)20(23,24)25)16(30-32)10-3-5-11(22)6-4-10/h1-7H,8-9H2,(H2,26,35). The second-order valence-corrected chi connectivity index (χ2v) is 8.51. The van der Waals surface area contributed by atoms with Gasteiger partial charge in [0.05, 0.1) is 11.0 Å². The van der Waals surface area contributed by atoms with Crippen LogP contribution in [0.3, 0.4) is 0 Å². The van der Waals surface area contributed by atoms with Gasteiger partial charge in [0.15, 0.2) is 17.5 Å². The molecule has 0 saturated heterocycles. The molecule has 0 spiro atoms. The molecule has 3 heterocycles. The number of nitrogens with two attached hydrogens (primary N) is 1. The summed E-state index contributed by atoms with van der Waals surface area (Å²) in [7, 11) is 0. The van der Waals surface area contributed by atoms with Gasteiger partial charge < -0.3 is 5.73 Å². The van der Waals surface area contributed by atoms with Crippen LogP contribution in [0.5, 0.6) is 0 Å². The number of Topliss-reactive ketones (excluding diaryl/α,β-unsaturated/α-hetero) is 1. The van der Waals surface area contributed by atoms with Crippen LogP contribution in [0.2, 0.25) is 5.02 Å². The van der Waals surface area contributed by atoms with Crippen LogP contribution in [0.25, 0.3) is 17.2 Å². The van der Waals surface area contributed by atoms with E-state index in [2.05, 4.69) is 36.1 Å². The third-order valence-corrected chi connectivity index (χ3v) is 5.62. The molecule has 0 fully saturated rings. The van der Waals surface area contributed by atoms with Gasteiger partial charge in [-0.25, -0.2) is 19.4 Å². The number of aromatic nitrogens is 7. The fourth-order valence-corrected chi connectivity index (χ4v) is 3.68. The topological polar surface area (TPSA) is 144 Å². The zero-order valence-corrected chi connectivity index (χ0v) is 20.1. The van der Waals surface area contributed by atoms with Crippen molar-refractivity contribution in [2.75, 3.05) is 0 Å². The van der Waals surface area contributed by atoms with Crippen molar-refractivity contribution in [3.05, 3.63) is 74.2 Å². The molecule has 0 aliphatic carbocycles. The van der Waals surface area contributed by atoms with Gasteiger partial charge in [-0.1, -0.05) is 11.6 Å². The number of hydrogen-bond donors (Lipinski definition) is 1. The van der Waals surface area contributed by atoms with Crippen LogP contribution in [0, 0.1) is 0 Å². The molecule has 4 aromatic rings. The Morgan fingerprint density at radius 3 is 2.42 bits per heavy atom. The Morgan fingerprint density at radius 2 is 1.81 bits per heavy atom. The smallest absolute Gasteiger partial charge is 0.363 e. The fraction of sp³-hybridized carbons (Fsp3) is 0.150. The number of benzene rings is 1. The zero-order valence-electron chi connectivity index (χ0n) is 17.8. The van der Waals surface area contributed by atoms with Gasteiger partial charge in [0.2, 0.25) is 5.82 Å². The molecule has 0 aliphatic heterocycles. The average Bonchev–Trinajstić information content (AvgIpc) is 3.36. The number of hydrogen-bond acceptors (Lipinski definition) is 7. The minimum absolute atomic E-state index is 0.113. The van der Waals surface area contributed by atoms with Gasteiger partial charge in [0.1, 0.15) is 6.54 Å². The first-order valence-electron chi connectivity index (χ1n) is 9.86. The summed E-state index contributed by atoms with van der Waals surface area (Å²) < 4.78 is 41.7. The number of primary amides is 1. The molecule has 16 heteroatoms. The van der Waals surface area contributed by atoms with Crippen LogP contribution < -0.4 is 11.4 Å². The first-order valence-corrected chi connectivity index (χ1v) is 11.0. The number of amides is 1. The van der Waals surface area contributed by atoms with E-state index in [0.717, 1.165) is 9.36 Å². The number of halogens is 5. The van der Waals surface area contributed by atoms with Crippen LogP contribution >= 0.6 is 27.5 Å². The summed E-state index contributed by atoms with van der Waals surface area (Å²) in [6.45, 7) is -1.75. The quantitative estimate of drug-likeness (QED) is 0.351. The van der Waals surface area contributed by atoms with Crippen molar-refractivity contribution in [2.24, 2.45) is 5.73 Å². The van der Waals surface area contributed by atoms with Crippen molar-refractivity contribution in [3.8, 4) is 17.2 Å². The van der Waals surface area contributed by atoms with Gasteiger partial charge in [-0.05, 0) is 52.3 Å². The predicted molar refractivity (Wildman–Crippen MR) is 122 cm³/mol. The average molecular weight is 586 g/mol. The molecule has 1 aromatic carbocycles. The molecule has 0 unspecified atom stereocenters. The van der Waals surface area contributed by atoms with E-state index in [4.69, 9.17) is 17.3 Å². The van der Waals surface area contributed by atoms with Crippen LogP contribution in [-0.2, 0) is 17.9 Å². The maximum atomic E-state index is 13.0. The lowest BCUT2D eigenvalue weighted by Gasteiger charge is -2.07. The maximum absolute atomic E-state index is 13.0. The van der Waals surface area contributed by atoms with Gasteiger partial charge in [0.25, 0.3) is 11.7 Å². The molecule has 186 valence electrons. The zero-order chi connectivity index (χ0) is 26.2. The lowest BCUT2D eigenvalue weighted by atomic mass is 10.2. The van der Waals surface area contributed by atoms with Gasteiger partial charge in [-0.3, -0.25) is 14.2 Å². The second-order valence-electron chi connectivity index (χ2n) is 7.21. The molecular weight excluding hydrogens is 573 g/mol. The van der Waals surface area contributed by atoms with Crippen molar-refractivity contribution in [1.29, 1.82) is 0 Å². The molecule has 4 rings (SSSR count). The van der Waals surface area contributed by atoms with E-state index in [1.807, 2.05) is 0 Å². The SMILES string of the molecule is NC(=O)c1nc(Cn2nc(-c3ccc(Cl)cc3)n(CC(=O)C(F)(F)F)c2=O)nn1-c1ncccc1Br. The van der Waals surface area contributed by atoms with Crippen molar-refractivity contribution in [1.82, 2.24) is 34.1 Å². The van der Waals surface area contributed by atoms with Crippen LogP contribution in [0.4, 0.5) is 13.2 Å². The lowest BCUT2D eigenvalue weighted by molar-refractivity contribution is -0.171. The Labute approximate surface area is 212 Å². The van der Waals surface area contributed by atoms with Crippen molar-refractivity contribution in [3.63, 3.8) is 0 Å². The highest BCUT2D eigenvalue weighted by molar-refractivity contribution is 9.10. The fourth-order valence-electron chi connectivity index (χ4n) is 3.13.